The lowest BCUT2D eigenvalue weighted by Gasteiger charge is -2.31. The van der Waals surface area contributed by atoms with Crippen molar-refractivity contribution in [3.63, 3.8) is 0 Å². The Bertz CT molecular complexity index is 528. The van der Waals surface area contributed by atoms with Crippen molar-refractivity contribution >= 4 is 23.6 Å². The predicted molar refractivity (Wildman–Crippen MR) is 85.7 cm³/mol. The van der Waals surface area contributed by atoms with Gasteiger partial charge in [-0.2, -0.15) is 0 Å². The van der Waals surface area contributed by atoms with E-state index in [9.17, 15) is 9.59 Å². The summed E-state index contributed by atoms with van der Waals surface area (Å²) in [6, 6.07) is 7.56. The Balaban J connectivity index is 2.30. The van der Waals surface area contributed by atoms with Crippen molar-refractivity contribution in [1.29, 1.82) is 0 Å². The molecule has 1 fully saturated rings. The maximum absolute atomic E-state index is 12.2. The number of thioether (sulfide) groups is 1. The molecule has 1 aromatic rings. The number of benzene rings is 1. The Kier molecular flexibility index (Phi) is 4.93. The molecule has 0 aromatic heterocycles. The second-order valence-electron chi connectivity index (χ2n) is 5.92. The van der Waals surface area contributed by atoms with Gasteiger partial charge in [0.1, 0.15) is 11.4 Å². The maximum atomic E-state index is 12.2. The number of carbonyl (C=O) groups is 2. The van der Waals surface area contributed by atoms with Crippen LogP contribution in [0.2, 0.25) is 0 Å². The maximum Gasteiger partial charge on any atom is 0.240 e. The SMILES string of the molecule is Cc1ccc([C@H]2SCC(=O)N2[C@H](CC(C)C)C(N)=O)cc1. The van der Waals surface area contributed by atoms with Crippen molar-refractivity contribution in [1.82, 2.24) is 4.90 Å². The standard InChI is InChI=1S/C16H22N2O2S/c1-10(2)8-13(15(17)20)18-14(19)9-21-16(18)12-6-4-11(3)5-7-12/h4-7,10,13,16H,8-9H2,1-3H3,(H2,17,20)/t13-,16-/m1/s1. The van der Waals surface area contributed by atoms with Gasteiger partial charge < -0.3 is 10.6 Å². The molecule has 2 rings (SSSR count). The second kappa shape index (κ2) is 6.52. The van der Waals surface area contributed by atoms with Crippen molar-refractivity contribution in [3.8, 4) is 0 Å². The molecule has 0 aliphatic carbocycles. The average Bonchev–Trinajstić information content (AvgIpc) is 2.78. The van der Waals surface area contributed by atoms with Crippen LogP contribution >= 0.6 is 11.8 Å². The molecule has 2 amide bonds. The molecule has 5 heteroatoms. The summed E-state index contributed by atoms with van der Waals surface area (Å²) in [6.45, 7) is 6.09. The van der Waals surface area contributed by atoms with E-state index in [4.69, 9.17) is 5.73 Å². The van der Waals surface area contributed by atoms with Gasteiger partial charge in [0.15, 0.2) is 0 Å². The first kappa shape index (κ1) is 15.9. The first-order valence-electron chi connectivity index (χ1n) is 7.18. The largest absolute Gasteiger partial charge is 0.368 e. The third kappa shape index (κ3) is 3.59. The Morgan fingerprint density at radius 2 is 2.00 bits per heavy atom. The molecule has 0 radical (unpaired) electrons. The van der Waals surface area contributed by atoms with Gasteiger partial charge >= 0.3 is 0 Å². The topological polar surface area (TPSA) is 63.4 Å². The van der Waals surface area contributed by atoms with Gasteiger partial charge in [0, 0.05) is 0 Å². The van der Waals surface area contributed by atoms with Crippen LogP contribution in [-0.2, 0) is 9.59 Å². The van der Waals surface area contributed by atoms with E-state index in [2.05, 4.69) is 0 Å². The van der Waals surface area contributed by atoms with Crippen LogP contribution in [0, 0.1) is 12.8 Å². The molecule has 2 N–H and O–H groups in total. The van der Waals surface area contributed by atoms with Gasteiger partial charge in [0.25, 0.3) is 0 Å². The average molecular weight is 306 g/mol. The normalized spacial score (nSPS) is 20.1. The molecular weight excluding hydrogens is 284 g/mol. The van der Waals surface area contributed by atoms with Crippen molar-refractivity contribution in [2.24, 2.45) is 11.7 Å². The van der Waals surface area contributed by atoms with Crippen LogP contribution < -0.4 is 5.73 Å². The minimum absolute atomic E-state index is 0.00461. The molecule has 1 saturated heterocycles. The molecule has 2 atom stereocenters. The lowest BCUT2D eigenvalue weighted by atomic mass is 10.0. The summed E-state index contributed by atoms with van der Waals surface area (Å²) in [5, 5.41) is -0.116. The van der Waals surface area contributed by atoms with Gasteiger partial charge in [-0.15, -0.1) is 11.8 Å². The number of nitrogens with two attached hydrogens (primary N) is 1. The fraction of sp³-hybridized carbons (Fsp3) is 0.500. The minimum Gasteiger partial charge on any atom is -0.368 e. The van der Waals surface area contributed by atoms with E-state index in [0.29, 0.717) is 18.1 Å². The summed E-state index contributed by atoms with van der Waals surface area (Å²) in [5.74, 6) is 0.284. The molecule has 0 bridgehead atoms. The van der Waals surface area contributed by atoms with Crippen LogP contribution in [-0.4, -0.2) is 28.5 Å². The molecule has 0 spiro atoms. The van der Waals surface area contributed by atoms with Gasteiger partial charge in [0.2, 0.25) is 11.8 Å². The molecule has 114 valence electrons. The number of hydrogen-bond acceptors (Lipinski definition) is 3. The molecule has 1 aliphatic rings. The number of nitrogens with zero attached hydrogens (tertiary/aromatic N) is 1. The highest BCUT2D eigenvalue weighted by molar-refractivity contribution is 8.00. The van der Waals surface area contributed by atoms with E-state index < -0.39 is 11.9 Å². The lowest BCUT2D eigenvalue weighted by molar-refractivity contribution is -0.137. The quantitative estimate of drug-likeness (QED) is 0.909. The van der Waals surface area contributed by atoms with Crippen LogP contribution in [0.4, 0.5) is 0 Å². The van der Waals surface area contributed by atoms with Gasteiger partial charge in [-0.05, 0) is 24.8 Å². The lowest BCUT2D eigenvalue weighted by Crippen LogP contribution is -2.47. The zero-order chi connectivity index (χ0) is 15.6. The number of amides is 2. The fourth-order valence-corrected chi connectivity index (χ4v) is 3.80. The van der Waals surface area contributed by atoms with Crippen molar-refractivity contribution < 1.29 is 9.59 Å². The number of hydrogen-bond donors (Lipinski definition) is 1. The van der Waals surface area contributed by atoms with Crippen LogP contribution in [0.1, 0.15) is 36.8 Å². The fourth-order valence-electron chi connectivity index (χ4n) is 2.57. The van der Waals surface area contributed by atoms with Crippen LogP contribution in [0.15, 0.2) is 24.3 Å². The molecular formula is C16H22N2O2S. The third-order valence-electron chi connectivity index (χ3n) is 3.63. The van der Waals surface area contributed by atoms with Gasteiger partial charge in [-0.25, -0.2) is 0 Å². The predicted octanol–water partition coefficient (Wildman–Crippen LogP) is 2.47. The summed E-state index contributed by atoms with van der Waals surface area (Å²) < 4.78 is 0. The molecule has 0 unspecified atom stereocenters. The zero-order valence-electron chi connectivity index (χ0n) is 12.7. The van der Waals surface area contributed by atoms with Crippen molar-refractivity contribution in [3.05, 3.63) is 35.4 Å². The molecule has 1 heterocycles. The van der Waals surface area contributed by atoms with Gasteiger partial charge in [-0.3, -0.25) is 9.59 Å². The highest BCUT2D eigenvalue weighted by atomic mass is 32.2. The van der Waals surface area contributed by atoms with E-state index in [0.717, 1.165) is 5.56 Å². The molecule has 1 aliphatic heterocycles. The highest BCUT2D eigenvalue weighted by Crippen LogP contribution is 2.40. The number of carbonyl (C=O) groups excluding carboxylic acids is 2. The summed E-state index contributed by atoms with van der Waals surface area (Å²) in [6.07, 6.45) is 0.601. The number of primary amides is 1. The summed E-state index contributed by atoms with van der Waals surface area (Å²) in [7, 11) is 0. The van der Waals surface area contributed by atoms with Gasteiger partial charge in [-0.1, -0.05) is 43.7 Å². The van der Waals surface area contributed by atoms with Crippen LogP contribution in [0.3, 0.4) is 0 Å². The summed E-state index contributed by atoms with van der Waals surface area (Å²) in [4.78, 5) is 25.7. The first-order valence-corrected chi connectivity index (χ1v) is 8.23. The van der Waals surface area contributed by atoms with Crippen LogP contribution in [0.5, 0.6) is 0 Å². The number of aryl methyl sites for hydroxylation is 1. The molecule has 0 saturated carbocycles. The highest BCUT2D eigenvalue weighted by Gasteiger charge is 2.40. The zero-order valence-corrected chi connectivity index (χ0v) is 13.5. The van der Waals surface area contributed by atoms with Crippen molar-refractivity contribution in [2.45, 2.75) is 38.6 Å². The van der Waals surface area contributed by atoms with Gasteiger partial charge in [0.05, 0.1) is 5.75 Å². The molecule has 21 heavy (non-hydrogen) atoms. The summed E-state index contributed by atoms with van der Waals surface area (Å²) >= 11 is 1.56. The molecule has 4 nitrogen and oxygen atoms in total. The Hall–Kier alpha value is -1.49. The minimum atomic E-state index is -0.529. The van der Waals surface area contributed by atoms with E-state index in [1.807, 2.05) is 45.0 Å². The Morgan fingerprint density at radius 3 is 2.52 bits per heavy atom. The first-order chi connectivity index (χ1) is 9.90. The van der Waals surface area contributed by atoms with E-state index in [1.165, 1.54) is 5.56 Å². The smallest absolute Gasteiger partial charge is 0.240 e. The monoisotopic (exact) mass is 306 g/mol. The van der Waals surface area contributed by atoms with E-state index >= 15 is 0 Å². The number of rotatable bonds is 5. The second-order valence-corrected chi connectivity index (χ2v) is 6.99. The van der Waals surface area contributed by atoms with E-state index in [1.54, 1.807) is 16.7 Å². The van der Waals surface area contributed by atoms with E-state index in [-0.39, 0.29) is 11.3 Å². The van der Waals surface area contributed by atoms with Crippen LogP contribution in [0.25, 0.3) is 0 Å². The molecule has 1 aromatic carbocycles. The third-order valence-corrected chi connectivity index (χ3v) is 4.86. The summed E-state index contributed by atoms with van der Waals surface area (Å²) in [5.41, 5.74) is 7.77. The Morgan fingerprint density at radius 1 is 1.38 bits per heavy atom. The van der Waals surface area contributed by atoms with Crippen molar-refractivity contribution in [2.75, 3.05) is 5.75 Å². The Labute approximate surface area is 130 Å².